The molecule has 4 rings (SSSR count). The van der Waals surface area contributed by atoms with E-state index in [0.717, 1.165) is 48.8 Å². The number of aliphatic hydroxyl groups is 1. The molecule has 0 radical (unpaired) electrons. The van der Waals surface area contributed by atoms with Gasteiger partial charge in [-0.3, -0.25) is 10.2 Å². The van der Waals surface area contributed by atoms with Crippen LogP contribution in [0.4, 0.5) is 0 Å². The number of aromatic nitrogens is 1. The molecule has 0 spiro atoms. The summed E-state index contributed by atoms with van der Waals surface area (Å²) in [6, 6.07) is 16.2. The molecule has 1 saturated heterocycles. The van der Waals surface area contributed by atoms with Crippen molar-refractivity contribution in [2.45, 2.75) is 32.2 Å². The van der Waals surface area contributed by atoms with Gasteiger partial charge in [0.2, 0.25) is 5.91 Å². The van der Waals surface area contributed by atoms with Crippen molar-refractivity contribution < 1.29 is 9.90 Å². The molecular weight excluding hydrogens is 388 g/mol. The van der Waals surface area contributed by atoms with Crippen LogP contribution in [0.5, 0.6) is 0 Å². The first-order valence-corrected chi connectivity index (χ1v) is 10.9. The molecule has 0 aliphatic carbocycles. The highest BCUT2D eigenvalue weighted by atomic mass is 16.3. The number of carbonyl (C=O) groups excluding carboxylic acids is 1. The summed E-state index contributed by atoms with van der Waals surface area (Å²) in [6.45, 7) is 1.91. The van der Waals surface area contributed by atoms with E-state index in [4.69, 9.17) is 11.1 Å². The molecule has 31 heavy (non-hydrogen) atoms. The number of nitrogens with two attached hydrogens (primary N) is 1. The number of likely N-dealkylation sites (tertiary alicyclic amines) is 1. The molecule has 1 amide bonds. The monoisotopic (exact) mass is 418 g/mol. The average molecular weight is 419 g/mol. The maximum absolute atomic E-state index is 13.0. The van der Waals surface area contributed by atoms with Gasteiger partial charge in [-0.2, -0.15) is 0 Å². The fourth-order valence-electron chi connectivity index (χ4n) is 4.57. The molecule has 0 bridgehead atoms. The van der Waals surface area contributed by atoms with Crippen LogP contribution in [0.25, 0.3) is 10.9 Å². The third kappa shape index (κ3) is 4.80. The Balaban J connectivity index is 1.43. The van der Waals surface area contributed by atoms with Crippen LogP contribution in [0.15, 0.2) is 54.7 Å². The van der Waals surface area contributed by atoms with E-state index in [1.165, 1.54) is 5.56 Å². The third-order valence-electron chi connectivity index (χ3n) is 6.30. The van der Waals surface area contributed by atoms with E-state index in [9.17, 15) is 9.90 Å². The Bertz CT molecular complexity index is 1070. The summed E-state index contributed by atoms with van der Waals surface area (Å²) in [5.41, 5.74) is 9.56. The minimum atomic E-state index is 0.0130. The van der Waals surface area contributed by atoms with Crippen molar-refractivity contribution in [3.8, 4) is 0 Å². The van der Waals surface area contributed by atoms with E-state index >= 15 is 0 Å². The number of fused-ring (bicyclic) bond motifs is 1. The summed E-state index contributed by atoms with van der Waals surface area (Å²) in [6.07, 6.45) is 5.60. The van der Waals surface area contributed by atoms with Crippen LogP contribution in [-0.2, 0) is 24.2 Å². The highest BCUT2D eigenvalue weighted by Crippen LogP contribution is 2.25. The quantitative estimate of drug-likeness (QED) is 0.407. The predicted octanol–water partition coefficient (Wildman–Crippen LogP) is 2.94. The zero-order chi connectivity index (χ0) is 21.8. The SMILES string of the molecule is N=C(N)c1ccc2c(c1)c(CCO)cn2CC(=O)N1CCC(Cc2ccccc2)CC1. The second-order valence-electron chi connectivity index (χ2n) is 8.42. The van der Waals surface area contributed by atoms with Gasteiger partial charge in [0.05, 0.1) is 0 Å². The molecule has 1 aromatic heterocycles. The van der Waals surface area contributed by atoms with Gasteiger partial charge in [0.15, 0.2) is 0 Å². The Hall–Kier alpha value is -3.12. The first-order valence-electron chi connectivity index (χ1n) is 10.9. The molecule has 1 aliphatic rings. The lowest BCUT2D eigenvalue weighted by Crippen LogP contribution is -2.40. The number of aliphatic hydroxyl groups excluding tert-OH is 1. The number of hydrogen-bond acceptors (Lipinski definition) is 3. The number of nitrogens with zero attached hydrogens (tertiary/aromatic N) is 2. The molecule has 0 saturated carbocycles. The molecule has 162 valence electrons. The van der Waals surface area contributed by atoms with E-state index < -0.39 is 0 Å². The Morgan fingerprint density at radius 1 is 1.13 bits per heavy atom. The topological polar surface area (TPSA) is 95.3 Å². The number of nitrogen functional groups attached to an aromatic ring is 1. The van der Waals surface area contributed by atoms with Crippen molar-refractivity contribution in [1.29, 1.82) is 5.41 Å². The normalized spacial score (nSPS) is 14.8. The number of amides is 1. The zero-order valence-corrected chi connectivity index (χ0v) is 17.8. The van der Waals surface area contributed by atoms with Crippen molar-refractivity contribution >= 4 is 22.6 Å². The van der Waals surface area contributed by atoms with Gasteiger partial charge in [0, 0.05) is 42.4 Å². The summed E-state index contributed by atoms with van der Waals surface area (Å²) >= 11 is 0. The lowest BCUT2D eigenvalue weighted by atomic mass is 9.90. The lowest BCUT2D eigenvalue weighted by Gasteiger charge is -2.32. The van der Waals surface area contributed by atoms with Gasteiger partial charge in [-0.15, -0.1) is 0 Å². The highest BCUT2D eigenvalue weighted by molar-refractivity contribution is 5.99. The van der Waals surface area contributed by atoms with E-state index in [0.29, 0.717) is 17.9 Å². The van der Waals surface area contributed by atoms with Gasteiger partial charge < -0.3 is 20.3 Å². The minimum Gasteiger partial charge on any atom is -0.396 e. The van der Waals surface area contributed by atoms with Gasteiger partial charge in [0.1, 0.15) is 12.4 Å². The number of hydrogen-bond donors (Lipinski definition) is 3. The Labute approximate surface area is 182 Å². The second kappa shape index (κ2) is 9.35. The Morgan fingerprint density at radius 3 is 2.55 bits per heavy atom. The maximum Gasteiger partial charge on any atom is 0.242 e. The van der Waals surface area contributed by atoms with E-state index in [2.05, 4.69) is 24.3 Å². The van der Waals surface area contributed by atoms with E-state index in [1.807, 2.05) is 39.9 Å². The van der Waals surface area contributed by atoms with E-state index in [-0.39, 0.29) is 24.9 Å². The molecule has 0 unspecified atom stereocenters. The van der Waals surface area contributed by atoms with Crippen molar-refractivity contribution in [2.75, 3.05) is 19.7 Å². The summed E-state index contributed by atoms with van der Waals surface area (Å²) < 4.78 is 1.96. The summed E-state index contributed by atoms with van der Waals surface area (Å²) in [7, 11) is 0. The molecule has 6 heteroatoms. The van der Waals surface area contributed by atoms with Gasteiger partial charge in [0.25, 0.3) is 0 Å². The van der Waals surface area contributed by atoms with Gasteiger partial charge >= 0.3 is 0 Å². The number of rotatable bonds is 7. The van der Waals surface area contributed by atoms with Crippen molar-refractivity contribution in [3.05, 3.63) is 71.4 Å². The van der Waals surface area contributed by atoms with E-state index in [1.54, 1.807) is 0 Å². The fourth-order valence-corrected chi connectivity index (χ4v) is 4.57. The van der Waals surface area contributed by atoms with Crippen LogP contribution in [-0.4, -0.2) is 46.0 Å². The minimum absolute atomic E-state index is 0.0130. The van der Waals surface area contributed by atoms with Gasteiger partial charge in [-0.05, 0) is 60.9 Å². The van der Waals surface area contributed by atoms with Crippen LogP contribution in [0.3, 0.4) is 0 Å². The van der Waals surface area contributed by atoms with Crippen molar-refractivity contribution in [3.63, 3.8) is 0 Å². The Morgan fingerprint density at radius 2 is 1.87 bits per heavy atom. The molecule has 2 aromatic carbocycles. The number of carbonyl (C=O) groups is 1. The molecule has 6 nitrogen and oxygen atoms in total. The van der Waals surface area contributed by atoms with Gasteiger partial charge in [-0.25, -0.2) is 0 Å². The van der Waals surface area contributed by atoms with Crippen LogP contribution < -0.4 is 5.73 Å². The third-order valence-corrected chi connectivity index (χ3v) is 6.30. The summed E-state index contributed by atoms with van der Waals surface area (Å²) in [5.74, 6) is 0.764. The molecule has 4 N–H and O–H groups in total. The fraction of sp³-hybridized carbons (Fsp3) is 0.360. The molecule has 0 atom stereocenters. The van der Waals surface area contributed by atoms with Crippen molar-refractivity contribution in [2.24, 2.45) is 11.7 Å². The molecule has 1 aliphatic heterocycles. The molecule has 1 fully saturated rings. The number of nitrogens with one attached hydrogen (secondary N) is 1. The largest absolute Gasteiger partial charge is 0.396 e. The second-order valence-corrected chi connectivity index (χ2v) is 8.42. The lowest BCUT2D eigenvalue weighted by molar-refractivity contribution is -0.133. The average Bonchev–Trinajstić information content (AvgIpc) is 3.11. The summed E-state index contributed by atoms with van der Waals surface area (Å²) in [5, 5.41) is 18.1. The van der Waals surface area contributed by atoms with Crippen molar-refractivity contribution in [1.82, 2.24) is 9.47 Å². The summed E-state index contributed by atoms with van der Waals surface area (Å²) in [4.78, 5) is 15.0. The van der Waals surface area contributed by atoms with Crippen LogP contribution in [0.2, 0.25) is 0 Å². The standard InChI is InChI=1S/C25H30N4O2/c26-25(27)20-6-7-23-22(15-20)21(10-13-30)16-29(23)17-24(31)28-11-8-19(9-12-28)14-18-4-2-1-3-5-18/h1-7,15-16,19,30H,8-14,17H2,(H3,26,27). The van der Waals surface area contributed by atoms with Crippen LogP contribution in [0, 0.1) is 11.3 Å². The Kier molecular flexibility index (Phi) is 6.37. The maximum atomic E-state index is 13.0. The first-order chi connectivity index (χ1) is 15.0. The first kappa shape index (κ1) is 21.1. The number of benzene rings is 2. The van der Waals surface area contributed by atoms with Crippen LogP contribution >= 0.6 is 0 Å². The smallest absolute Gasteiger partial charge is 0.242 e. The zero-order valence-electron chi connectivity index (χ0n) is 17.8. The highest BCUT2D eigenvalue weighted by Gasteiger charge is 2.23. The van der Waals surface area contributed by atoms with Gasteiger partial charge in [-0.1, -0.05) is 30.3 Å². The molecule has 3 aromatic rings. The number of piperidine rings is 1. The molecular formula is C25H30N4O2. The molecule has 2 heterocycles. The van der Waals surface area contributed by atoms with Crippen LogP contribution in [0.1, 0.15) is 29.5 Å². The predicted molar refractivity (Wildman–Crippen MR) is 123 cm³/mol. The number of amidine groups is 1.